The van der Waals surface area contributed by atoms with Gasteiger partial charge in [0.1, 0.15) is 6.04 Å². The number of anilines is 1. The number of rotatable bonds is 3. The zero-order valence-electron chi connectivity index (χ0n) is 10.8. The molecule has 1 aromatic carbocycles. The summed E-state index contributed by atoms with van der Waals surface area (Å²) in [5, 5.41) is 0.141. The third-order valence-electron chi connectivity index (χ3n) is 3.00. The van der Waals surface area contributed by atoms with E-state index in [-0.39, 0.29) is 26.5 Å². The quantitative estimate of drug-likeness (QED) is 0.578. The van der Waals surface area contributed by atoms with Crippen molar-refractivity contribution in [3.63, 3.8) is 0 Å². The molecular formula is C11H11BrClN3O4S. The first-order valence-corrected chi connectivity index (χ1v) is 8.36. The number of benzene rings is 1. The number of carbonyl (C=O) groups excluding carboxylic acids is 2. The molecular weight excluding hydrogens is 386 g/mol. The standard InChI is InChI=1S/C11H11BrClN3O4S/c1-16-9(17)4-7(11(16)18)15-21(19,20)8-3-5(13)2-6(14)10(8)12/h2-3,7,15H,4,14H2,1H3. The number of nitrogen functional groups attached to an aromatic ring is 1. The lowest BCUT2D eigenvalue weighted by atomic mass is 10.3. The van der Waals surface area contributed by atoms with Gasteiger partial charge in [-0.2, -0.15) is 4.72 Å². The third-order valence-corrected chi connectivity index (χ3v) is 5.86. The van der Waals surface area contributed by atoms with E-state index >= 15 is 0 Å². The predicted molar refractivity (Wildman–Crippen MR) is 80.1 cm³/mol. The molecule has 0 radical (unpaired) electrons. The number of carbonyl (C=O) groups is 2. The summed E-state index contributed by atoms with van der Waals surface area (Å²) in [6, 6.07) is 1.47. The van der Waals surface area contributed by atoms with E-state index in [0.29, 0.717) is 0 Å². The summed E-state index contributed by atoms with van der Waals surface area (Å²) < 4.78 is 27.0. The molecule has 1 saturated heterocycles. The van der Waals surface area contributed by atoms with Crippen LogP contribution in [0.4, 0.5) is 5.69 Å². The number of likely N-dealkylation sites (N-methyl/N-ethyl adjacent to an activating group) is 1. The van der Waals surface area contributed by atoms with Crippen LogP contribution >= 0.6 is 27.5 Å². The second kappa shape index (κ2) is 5.56. The van der Waals surface area contributed by atoms with E-state index in [1.807, 2.05) is 0 Å². The molecule has 1 heterocycles. The van der Waals surface area contributed by atoms with Crippen molar-refractivity contribution in [2.45, 2.75) is 17.4 Å². The highest BCUT2D eigenvalue weighted by Gasteiger charge is 2.39. The zero-order chi connectivity index (χ0) is 15.9. The Balaban J connectivity index is 2.36. The largest absolute Gasteiger partial charge is 0.398 e. The molecule has 0 aliphatic carbocycles. The summed E-state index contributed by atoms with van der Waals surface area (Å²) in [4.78, 5) is 23.9. The summed E-state index contributed by atoms with van der Waals surface area (Å²) in [5.41, 5.74) is 5.79. The Morgan fingerprint density at radius 2 is 2.05 bits per heavy atom. The first-order chi connectivity index (χ1) is 9.63. The Bertz CT molecular complexity index is 737. The molecule has 10 heteroatoms. The van der Waals surface area contributed by atoms with Gasteiger partial charge in [0.15, 0.2) is 0 Å². The van der Waals surface area contributed by atoms with Gasteiger partial charge in [-0.25, -0.2) is 8.42 Å². The molecule has 21 heavy (non-hydrogen) atoms. The molecule has 1 unspecified atom stereocenters. The molecule has 1 aliphatic rings. The molecule has 2 rings (SSSR count). The average Bonchev–Trinajstić information content (AvgIpc) is 2.61. The normalized spacial score (nSPS) is 19.4. The van der Waals surface area contributed by atoms with E-state index in [0.717, 1.165) is 4.90 Å². The second-order valence-electron chi connectivity index (χ2n) is 4.48. The molecule has 0 spiro atoms. The Kier molecular flexibility index (Phi) is 4.29. The highest BCUT2D eigenvalue weighted by atomic mass is 79.9. The summed E-state index contributed by atoms with van der Waals surface area (Å²) in [6.07, 6.45) is -0.220. The average molecular weight is 397 g/mol. The first-order valence-electron chi connectivity index (χ1n) is 5.70. The maximum absolute atomic E-state index is 12.3. The van der Waals surface area contributed by atoms with Gasteiger partial charge in [-0.1, -0.05) is 11.6 Å². The van der Waals surface area contributed by atoms with Gasteiger partial charge in [-0.15, -0.1) is 0 Å². The van der Waals surface area contributed by atoms with Gasteiger partial charge < -0.3 is 5.73 Å². The van der Waals surface area contributed by atoms with Crippen LogP contribution in [0.1, 0.15) is 6.42 Å². The topological polar surface area (TPSA) is 110 Å². The van der Waals surface area contributed by atoms with E-state index < -0.39 is 27.9 Å². The zero-order valence-corrected chi connectivity index (χ0v) is 13.9. The van der Waals surface area contributed by atoms with Gasteiger partial charge in [0, 0.05) is 17.8 Å². The SMILES string of the molecule is CN1C(=O)CC(NS(=O)(=O)c2cc(Cl)cc(N)c2Br)C1=O. The fourth-order valence-electron chi connectivity index (χ4n) is 1.88. The summed E-state index contributed by atoms with van der Waals surface area (Å²) >= 11 is 8.87. The lowest BCUT2D eigenvalue weighted by molar-refractivity contribution is -0.137. The molecule has 2 amide bonds. The number of hydrogen-bond donors (Lipinski definition) is 2. The van der Waals surface area contributed by atoms with Crippen LogP contribution < -0.4 is 10.5 Å². The van der Waals surface area contributed by atoms with Crippen molar-refractivity contribution in [1.82, 2.24) is 9.62 Å². The molecule has 1 aromatic rings. The number of imide groups is 1. The molecule has 0 bridgehead atoms. The van der Waals surface area contributed by atoms with Crippen molar-refractivity contribution >= 4 is 55.1 Å². The Morgan fingerprint density at radius 1 is 1.43 bits per heavy atom. The minimum absolute atomic E-state index is 0.141. The lowest BCUT2D eigenvalue weighted by Crippen LogP contribution is -2.40. The predicted octanol–water partition coefficient (Wildman–Crippen LogP) is 0.720. The summed E-state index contributed by atoms with van der Waals surface area (Å²) in [7, 11) is -2.76. The fourth-order valence-corrected chi connectivity index (χ4v) is 4.36. The van der Waals surface area contributed by atoms with Crippen LogP contribution in [-0.2, 0) is 19.6 Å². The summed E-state index contributed by atoms with van der Waals surface area (Å²) in [6.45, 7) is 0. The highest BCUT2D eigenvalue weighted by molar-refractivity contribution is 9.10. The number of hydrogen-bond acceptors (Lipinski definition) is 5. The summed E-state index contributed by atoms with van der Waals surface area (Å²) in [5.74, 6) is -1.05. The van der Waals surface area contributed by atoms with Crippen molar-refractivity contribution in [2.75, 3.05) is 12.8 Å². The van der Waals surface area contributed by atoms with Crippen molar-refractivity contribution < 1.29 is 18.0 Å². The molecule has 114 valence electrons. The van der Waals surface area contributed by atoms with Crippen LogP contribution in [-0.4, -0.2) is 38.2 Å². The maximum atomic E-state index is 12.3. The molecule has 1 atom stereocenters. The smallest absolute Gasteiger partial charge is 0.247 e. The van der Waals surface area contributed by atoms with Gasteiger partial charge >= 0.3 is 0 Å². The third kappa shape index (κ3) is 3.05. The van der Waals surface area contributed by atoms with Crippen LogP contribution in [0.15, 0.2) is 21.5 Å². The lowest BCUT2D eigenvalue weighted by Gasteiger charge is -2.14. The van der Waals surface area contributed by atoms with Crippen LogP contribution in [0.3, 0.4) is 0 Å². The van der Waals surface area contributed by atoms with Crippen LogP contribution in [0.2, 0.25) is 5.02 Å². The Labute approximate surface area is 134 Å². The first kappa shape index (κ1) is 16.2. The number of amides is 2. The van der Waals surface area contributed by atoms with Crippen molar-refractivity contribution in [3.8, 4) is 0 Å². The number of halogens is 2. The van der Waals surface area contributed by atoms with E-state index in [1.54, 1.807) is 0 Å². The molecule has 3 N–H and O–H groups in total. The minimum Gasteiger partial charge on any atom is -0.398 e. The maximum Gasteiger partial charge on any atom is 0.247 e. The highest BCUT2D eigenvalue weighted by Crippen LogP contribution is 2.31. The fraction of sp³-hybridized carbons (Fsp3) is 0.273. The van der Waals surface area contributed by atoms with Gasteiger partial charge in [0.05, 0.1) is 15.8 Å². The van der Waals surface area contributed by atoms with E-state index in [2.05, 4.69) is 20.7 Å². The Hall–Kier alpha value is -1.16. The second-order valence-corrected chi connectivity index (χ2v) is 7.39. The van der Waals surface area contributed by atoms with Crippen molar-refractivity contribution in [3.05, 3.63) is 21.6 Å². The molecule has 1 fully saturated rings. The number of sulfonamides is 1. The molecule has 0 saturated carbocycles. The van der Waals surface area contributed by atoms with Gasteiger partial charge in [-0.3, -0.25) is 14.5 Å². The van der Waals surface area contributed by atoms with Gasteiger partial charge in [0.2, 0.25) is 21.8 Å². The molecule has 1 aliphatic heterocycles. The number of nitrogens with one attached hydrogen (secondary N) is 1. The van der Waals surface area contributed by atoms with Crippen LogP contribution in [0.25, 0.3) is 0 Å². The van der Waals surface area contributed by atoms with Gasteiger partial charge in [0.25, 0.3) is 0 Å². The van der Waals surface area contributed by atoms with Crippen LogP contribution in [0, 0.1) is 0 Å². The van der Waals surface area contributed by atoms with E-state index in [9.17, 15) is 18.0 Å². The monoisotopic (exact) mass is 395 g/mol. The van der Waals surface area contributed by atoms with Crippen LogP contribution in [0.5, 0.6) is 0 Å². The Morgan fingerprint density at radius 3 is 2.57 bits per heavy atom. The van der Waals surface area contributed by atoms with E-state index in [1.165, 1.54) is 19.2 Å². The van der Waals surface area contributed by atoms with Crippen molar-refractivity contribution in [1.29, 1.82) is 0 Å². The van der Waals surface area contributed by atoms with Crippen molar-refractivity contribution in [2.24, 2.45) is 0 Å². The molecule has 0 aromatic heterocycles. The van der Waals surface area contributed by atoms with E-state index in [4.69, 9.17) is 17.3 Å². The number of nitrogens with zero attached hydrogens (tertiary/aromatic N) is 1. The minimum atomic E-state index is -4.06. The number of nitrogens with two attached hydrogens (primary N) is 1. The number of likely N-dealkylation sites (tertiary alicyclic amines) is 1. The van der Waals surface area contributed by atoms with Gasteiger partial charge in [-0.05, 0) is 28.1 Å². The molecule has 7 nitrogen and oxygen atoms in total.